The van der Waals surface area contributed by atoms with E-state index in [2.05, 4.69) is 56.1 Å². The van der Waals surface area contributed by atoms with Crippen LogP contribution in [-0.4, -0.2) is 25.7 Å². The van der Waals surface area contributed by atoms with Crippen LogP contribution in [0.1, 0.15) is 25.0 Å². The molecule has 1 heterocycles. The molecule has 1 saturated heterocycles. The Morgan fingerprint density at radius 3 is 2.41 bits per heavy atom. The summed E-state index contributed by atoms with van der Waals surface area (Å²) < 4.78 is 0. The molecular weight excluding hydrogens is 208 g/mol. The first-order valence-electron chi connectivity index (χ1n) is 6.63. The molecular formula is C15H24N2. The first-order valence-corrected chi connectivity index (χ1v) is 6.63. The summed E-state index contributed by atoms with van der Waals surface area (Å²) in [5.74, 6) is 0.684. The lowest BCUT2D eigenvalue weighted by molar-refractivity contribution is 0.390. The van der Waals surface area contributed by atoms with Crippen molar-refractivity contribution in [3.05, 3.63) is 29.3 Å². The molecule has 1 aromatic rings. The summed E-state index contributed by atoms with van der Waals surface area (Å²) in [7, 11) is 0. The molecule has 0 saturated carbocycles. The highest BCUT2D eigenvalue weighted by atomic mass is 15.2. The molecule has 0 bridgehead atoms. The Balaban J connectivity index is 2.29. The van der Waals surface area contributed by atoms with Crippen LogP contribution < -0.4 is 10.2 Å². The topological polar surface area (TPSA) is 15.3 Å². The van der Waals surface area contributed by atoms with Crippen molar-refractivity contribution < 1.29 is 0 Å². The van der Waals surface area contributed by atoms with E-state index in [0.29, 0.717) is 12.0 Å². The van der Waals surface area contributed by atoms with Crippen LogP contribution in [0, 0.1) is 19.8 Å². The van der Waals surface area contributed by atoms with Crippen molar-refractivity contribution in [2.45, 2.75) is 33.7 Å². The molecule has 0 spiro atoms. The zero-order valence-corrected chi connectivity index (χ0v) is 11.5. The first kappa shape index (κ1) is 12.4. The quantitative estimate of drug-likeness (QED) is 0.843. The Morgan fingerprint density at radius 2 is 1.82 bits per heavy atom. The molecule has 0 amide bonds. The summed E-state index contributed by atoms with van der Waals surface area (Å²) in [5, 5.41) is 3.50. The number of aryl methyl sites for hydroxylation is 2. The number of nitrogens with zero attached hydrogens (tertiary/aromatic N) is 1. The second kappa shape index (κ2) is 5.09. The van der Waals surface area contributed by atoms with Gasteiger partial charge in [0.15, 0.2) is 0 Å². The monoisotopic (exact) mass is 232 g/mol. The summed E-state index contributed by atoms with van der Waals surface area (Å²) in [6.45, 7) is 12.3. The van der Waals surface area contributed by atoms with Gasteiger partial charge >= 0.3 is 0 Å². The normalized spacial score (nSPS) is 21.0. The van der Waals surface area contributed by atoms with Crippen molar-refractivity contribution in [2.75, 3.05) is 24.5 Å². The average molecular weight is 232 g/mol. The van der Waals surface area contributed by atoms with Crippen molar-refractivity contribution >= 4 is 5.69 Å². The van der Waals surface area contributed by atoms with Crippen LogP contribution in [0.4, 0.5) is 5.69 Å². The van der Waals surface area contributed by atoms with E-state index in [4.69, 9.17) is 0 Å². The van der Waals surface area contributed by atoms with E-state index in [9.17, 15) is 0 Å². The molecule has 94 valence electrons. The molecule has 2 nitrogen and oxygen atoms in total. The molecule has 1 aromatic carbocycles. The molecule has 1 N–H and O–H groups in total. The fourth-order valence-electron chi connectivity index (χ4n) is 2.76. The molecule has 2 rings (SSSR count). The maximum atomic E-state index is 3.50. The van der Waals surface area contributed by atoms with E-state index in [1.807, 2.05) is 0 Å². The second-order valence-electron chi connectivity index (χ2n) is 5.55. The van der Waals surface area contributed by atoms with Crippen molar-refractivity contribution in [2.24, 2.45) is 5.92 Å². The van der Waals surface area contributed by atoms with Gasteiger partial charge in [-0.1, -0.05) is 19.9 Å². The Hall–Kier alpha value is -1.02. The third-order valence-corrected chi connectivity index (χ3v) is 3.59. The van der Waals surface area contributed by atoms with E-state index in [1.165, 1.54) is 16.8 Å². The molecule has 17 heavy (non-hydrogen) atoms. The molecule has 1 unspecified atom stereocenters. The van der Waals surface area contributed by atoms with Crippen LogP contribution >= 0.6 is 0 Å². The van der Waals surface area contributed by atoms with Gasteiger partial charge in [-0.25, -0.2) is 0 Å². The van der Waals surface area contributed by atoms with Gasteiger partial charge in [0.1, 0.15) is 0 Å². The number of rotatable bonds is 2. The van der Waals surface area contributed by atoms with Crippen molar-refractivity contribution in [3.8, 4) is 0 Å². The van der Waals surface area contributed by atoms with Crippen LogP contribution in [0.2, 0.25) is 0 Å². The summed E-state index contributed by atoms with van der Waals surface area (Å²) in [6, 6.07) is 7.49. The Kier molecular flexibility index (Phi) is 3.72. The minimum absolute atomic E-state index is 0.616. The minimum Gasteiger partial charge on any atom is -0.366 e. The van der Waals surface area contributed by atoms with Gasteiger partial charge in [-0.05, 0) is 43.0 Å². The van der Waals surface area contributed by atoms with Crippen molar-refractivity contribution in [1.29, 1.82) is 0 Å². The van der Waals surface area contributed by atoms with Gasteiger partial charge in [0, 0.05) is 31.4 Å². The lowest BCUT2D eigenvalue weighted by atomic mass is 9.99. The third-order valence-electron chi connectivity index (χ3n) is 3.59. The minimum atomic E-state index is 0.616. The number of nitrogens with one attached hydrogen (secondary N) is 1. The van der Waals surface area contributed by atoms with Crippen molar-refractivity contribution in [1.82, 2.24) is 5.32 Å². The smallest absolute Gasteiger partial charge is 0.0438 e. The van der Waals surface area contributed by atoms with Gasteiger partial charge in [0.2, 0.25) is 0 Å². The van der Waals surface area contributed by atoms with Crippen LogP contribution in [0.5, 0.6) is 0 Å². The Morgan fingerprint density at radius 1 is 1.18 bits per heavy atom. The van der Waals surface area contributed by atoms with Gasteiger partial charge < -0.3 is 10.2 Å². The predicted molar refractivity (Wildman–Crippen MR) is 74.8 cm³/mol. The molecule has 0 aliphatic carbocycles. The van der Waals surface area contributed by atoms with Gasteiger partial charge in [-0.3, -0.25) is 0 Å². The van der Waals surface area contributed by atoms with E-state index in [0.717, 1.165) is 19.6 Å². The maximum Gasteiger partial charge on any atom is 0.0438 e. The van der Waals surface area contributed by atoms with Gasteiger partial charge in [-0.15, -0.1) is 0 Å². The van der Waals surface area contributed by atoms with Crippen molar-refractivity contribution in [3.63, 3.8) is 0 Å². The number of anilines is 1. The highest BCUT2D eigenvalue weighted by Crippen LogP contribution is 2.24. The number of hydrogen-bond donors (Lipinski definition) is 1. The molecule has 0 radical (unpaired) electrons. The van der Waals surface area contributed by atoms with E-state index in [-0.39, 0.29) is 0 Å². The zero-order chi connectivity index (χ0) is 12.4. The highest BCUT2D eigenvalue weighted by Gasteiger charge is 2.25. The maximum absolute atomic E-state index is 3.50. The summed E-state index contributed by atoms with van der Waals surface area (Å²) in [6.07, 6.45) is 0. The largest absolute Gasteiger partial charge is 0.366 e. The van der Waals surface area contributed by atoms with Gasteiger partial charge in [0.25, 0.3) is 0 Å². The first-order chi connectivity index (χ1) is 8.08. The molecule has 0 aromatic heterocycles. The Bertz CT molecular complexity index is 364. The van der Waals surface area contributed by atoms with Crippen LogP contribution in [-0.2, 0) is 0 Å². The number of benzene rings is 1. The van der Waals surface area contributed by atoms with Crippen LogP contribution in [0.25, 0.3) is 0 Å². The third kappa shape index (κ3) is 2.81. The highest BCUT2D eigenvalue weighted by molar-refractivity contribution is 5.52. The summed E-state index contributed by atoms with van der Waals surface area (Å²) in [5.41, 5.74) is 4.12. The molecule has 1 aliphatic heterocycles. The van der Waals surface area contributed by atoms with E-state index < -0.39 is 0 Å². The number of hydrogen-bond acceptors (Lipinski definition) is 2. The van der Waals surface area contributed by atoms with E-state index >= 15 is 0 Å². The fraction of sp³-hybridized carbons (Fsp3) is 0.600. The zero-order valence-electron chi connectivity index (χ0n) is 11.5. The van der Waals surface area contributed by atoms with Gasteiger partial charge in [-0.2, -0.15) is 0 Å². The van der Waals surface area contributed by atoms with Crippen LogP contribution in [0.3, 0.4) is 0 Å². The lowest BCUT2D eigenvalue weighted by Gasteiger charge is -2.40. The van der Waals surface area contributed by atoms with Crippen LogP contribution in [0.15, 0.2) is 18.2 Å². The standard InChI is InChI=1S/C15H24N2/c1-11(2)15-10-16-5-6-17(15)14-8-12(3)7-13(4)9-14/h7-9,11,15-16H,5-6,10H2,1-4H3. The SMILES string of the molecule is Cc1cc(C)cc(N2CCNCC2C(C)C)c1. The molecule has 1 atom stereocenters. The fourth-order valence-corrected chi connectivity index (χ4v) is 2.76. The average Bonchev–Trinajstić information content (AvgIpc) is 2.27. The number of piperazine rings is 1. The predicted octanol–water partition coefficient (Wildman–Crippen LogP) is 2.74. The van der Waals surface area contributed by atoms with E-state index in [1.54, 1.807) is 0 Å². The van der Waals surface area contributed by atoms with Gasteiger partial charge in [0.05, 0.1) is 0 Å². The summed E-state index contributed by atoms with van der Waals surface area (Å²) >= 11 is 0. The molecule has 1 fully saturated rings. The summed E-state index contributed by atoms with van der Waals surface area (Å²) in [4.78, 5) is 2.57. The lowest BCUT2D eigenvalue weighted by Crippen LogP contribution is -2.53. The Labute approximate surface area is 105 Å². The molecule has 1 aliphatic rings. The molecule has 2 heteroatoms. The second-order valence-corrected chi connectivity index (χ2v) is 5.55.